The first kappa shape index (κ1) is 33.2. The van der Waals surface area contributed by atoms with Crippen molar-refractivity contribution in [3.05, 3.63) is 35.9 Å². The summed E-state index contributed by atoms with van der Waals surface area (Å²) in [4.78, 5) is 25.4. The van der Waals surface area contributed by atoms with Crippen molar-refractivity contribution in [2.24, 2.45) is 0 Å². The van der Waals surface area contributed by atoms with Gasteiger partial charge in [-0.3, -0.25) is 4.79 Å². The smallest absolute Gasteiger partial charge is 0.408 e. The molecule has 39 heavy (non-hydrogen) atoms. The third kappa shape index (κ3) is 10.8. The fourth-order valence-electron chi connectivity index (χ4n) is 3.87. The van der Waals surface area contributed by atoms with Gasteiger partial charge in [-0.1, -0.05) is 51.1 Å². The zero-order valence-corrected chi connectivity index (χ0v) is 26.6. The van der Waals surface area contributed by atoms with Crippen LogP contribution in [0.3, 0.4) is 0 Å². The summed E-state index contributed by atoms with van der Waals surface area (Å²) in [6.07, 6.45) is -2.92. The lowest BCUT2D eigenvalue weighted by Gasteiger charge is -2.44. The first-order chi connectivity index (χ1) is 17.8. The summed E-state index contributed by atoms with van der Waals surface area (Å²) in [6.45, 7) is 21.5. The number of amides is 1. The van der Waals surface area contributed by atoms with Gasteiger partial charge >= 0.3 is 12.1 Å². The Kier molecular flexibility index (Phi) is 11.2. The Morgan fingerprint density at radius 3 is 2.21 bits per heavy atom. The molecule has 222 valence electrons. The van der Waals surface area contributed by atoms with Gasteiger partial charge in [0.2, 0.25) is 0 Å². The fourth-order valence-corrected chi connectivity index (χ4v) is 5.21. The highest BCUT2D eigenvalue weighted by molar-refractivity contribution is 6.74. The molecule has 1 amide bonds. The van der Waals surface area contributed by atoms with Crippen molar-refractivity contribution in [1.82, 2.24) is 5.32 Å². The van der Waals surface area contributed by atoms with Crippen LogP contribution in [0.1, 0.15) is 67.9 Å². The van der Waals surface area contributed by atoms with Gasteiger partial charge in [-0.2, -0.15) is 0 Å². The maximum Gasteiger partial charge on any atom is 0.408 e. The predicted octanol–water partition coefficient (Wildman–Crippen LogP) is 5.57. The molecular weight excluding hydrogens is 518 g/mol. The first-order valence-corrected chi connectivity index (χ1v) is 16.5. The van der Waals surface area contributed by atoms with Crippen LogP contribution in [0.5, 0.6) is 0 Å². The van der Waals surface area contributed by atoms with E-state index in [-0.39, 0.29) is 18.3 Å². The molecule has 1 N–H and O–H groups in total. The van der Waals surface area contributed by atoms with Gasteiger partial charge in [0.25, 0.3) is 0 Å². The lowest BCUT2D eigenvalue weighted by atomic mass is 10.0. The number of hydrogen-bond acceptors (Lipinski definition) is 8. The quantitative estimate of drug-likeness (QED) is 0.274. The van der Waals surface area contributed by atoms with Crippen LogP contribution >= 0.6 is 0 Å². The summed E-state index contributed by atoms with van der Waals surface area (Å²) >= 11 is 0. The standard InChI is InChI=1S/C29H49NO8Si/c1-20(31)35-25(23-19-34-29(8,9)36-23)24(38-39(10,11)28(5,6)7)22(30-26(32)37-27(2,3)4)18-33-17-21-15-13-12-14-16-21/h12-16,22-25H,17-19H2,1-11H3,(H,30,32)/t22-,23+,24+,25+/m1/s1. The Bertz CT molecular complexity index is 939. The van der Waals surface area contributed by atoms with Crippen LogP contribution in [0.2, 0.25) is 18.1 Å². The van der Waals surface area contributed by atoms with Gasteiger partial charge in [0.05, 0.1) is 25.9 Å². The van der Waals surface area contributed by atoms with Gasteiger partial charge in [0.1, 0.15) is 17.8 Å². The highest BCUT2D eigenvalue weighted by Gasteiger charge is 2.50. The Morgan fingerprint density at radius 1 is 1.10 bits per heavy atom. The van der Waals surface area contributed by atoms with E-state index in [1.807, 2.05) is 30.3 Å². The SMILES string of the molecule is CC(=O)O[C@H]([C@@H](O[Si](C)(C)C(C)(C)C)[C@@H](COCc1ccccc1)NC(=O)OC(C)(C)C)[C@@H]1COC(C)(C)O1. The third-order valence-electron chi connectivity index (χ3n) is 6.77. The van der Waals surface area contributed by atoms with Crippen LogP contribution < -0.4 is 5.32 Å². The van der Waals surface area contributed by atoms with E-state index in [0.29, 0.717) is 6.61 Å². The van der Waals surface area contributed by atoms with Crippen molar-refractivity contribution in [2.45, 2.75) is 123 Å². The maximum atomic E-state index is 13.0. The minimum atomic E-state index is -2.47. The molecule has 1 aromatic carbocycles. The Morgan fingerprint density at radius 2 is 1.72 bits per heavy atom. The van der Waals surface area contributed by atoms with E-state index in [4.69, 9.17) is 28.1 Å². The molecule has 0 saturated carbocycles. The molecule has 10 heteroatoms. The predicted molar refractivity (Wildman–Crippen MR) is 152 cm³/mol. The number of hydrogen-bond donors (Lipinski definition) is 1. The lowest BCUT2D eigenvalue weighted by molar-refractivity contribution is -0.182. The summed E-state index contributed by atoms with van der Waals surface area (Å²) < 4.78 is 36.5. The van der Waals surface area contributed by atoms with E-state index in [1.165, 1.54) is 6.92 Å². The first-order valence-electron chi connectivity index (χ1n) is 13.6. The average Bonchev–Trinajstić information content (AvgIpc) is 3.13. The van der Waals surface area contributed by atoms with Gasteiger partial charge in [-0.05, 0) is 58.3 Å². The summed E-state index contributed by atoms with van der Waals surface area (Å²) in [7, 11) is -2.47. The Labute approximate surface area is 235 Å². The lowest BCUT2D eigenvalue weighted by Crippen LogP contribution is -2.61. The molecule has 0 bridgehead atoms. The highest BCUT2D eigenvalue weighted by atomic mass is 28.4. The van der Waals surface area contributed by atoms with E-state index < -0.39 is 56.1 Å². The number of esters is 1. The van der Waals surface area contributed by atoms with Crippen molar-refractivity contribution < 1.29 is 37.7 Å². The Hall–Kier alpha value is -1.98. The summed E-state index contributed by atoms with van der Waals surface area (Å²) in [5.41, 5.74) is 0.276. The zero-order valence-electron chi connectivity index (χ0n) is 25.6. The van der Waals surface area contributed by atoms with Gasteiger partial charge in [0, 0.05) is 6.92 Å². The second-order valence-corrected chi connectivity index (χ2v) is 17.8. The second kappa shape index (κ2) is 13.1. The number of carbonyl (C=O) groups is 2. The molecule has 0 unspecified atom stereocenters. The number of nitrogens with one attached hydrogen (secondary N) is 1. The molecular formula is C29H49NO8Si. The van der Waals surface area contributed by atoms with Crippen LogP contribution in [0, 0.1) is 0 Å². The van der Waals surface area contributed by atoms with Crippen molar-refractivity contribution in [2.75, 3.05) is 13.2 Å². The van der Waals surface area contributed by atoms with E-state index >= 15 is 0 Å². The third-order valence-corrected chi connectivity index (χ3v) is 11.2. The maximum absolute atomic E-state index is 13.0. The number of benzene rings is 1. The normalized spacial score (nSPS) is 20.1. The van der Waals surface area contributed by atoms with Crippen molar-refractivity contribution in [1.29, 1.82) is 0 Å². The molecule has 1 aromatic rings. The second-order valence-electron chi connectivity index (χ2n) is 13.0. The van der Waals surface area contributed by atoms with E-state index in [0.717, 1.165) is 5.56 Å². The molecule has 2 rings (SSSR count). The van der Waals surface area contributed by atoms with Crippen LogP contribution in [0.4, 0.5) is 4.79 Å². The molecule has 0 aromatic heterocycles. The van der Waals surface area contributed by atoms with Gasteiger partial charge in [0.15, 0.2) is 20.2 Å². The number of ether oxygens (including phenoxy) is 5. The number of rotatable bonds is 11. The average molecular weight is 568 g/mol. The molecule has 1 fully saturated rings. The molecule has 1 aliphatic rings. The molecule has 1 aliphatic heterocycles. The van der Waals surface area contributed by atoms with Crippen LogP contribution in [-0.2, 0) is 39.5 Å². The fraction of sp³-hybridized carbons (Fsp3) is 0.724. The number of carbonyl (C=O) groups excluding carboxylic acids is 2. The minimum Gasteiger partial charge on any atom is -0.457 e. The van der Waals surface area contributed by atoms with Gasteiger partial charge < -0.3 is 33.4 Å². The molecule has 4 atom stereocenters. The molecule has 0 aliphatic carbocycles. The van der Waals surface area contributed by atoms with E-state index in [9.17, 15) is 9.59 Å². The molecule has 0 spiro atoms. The Balaban J connectivity index is 2.49. The molecule has 9 nitrogen and oxygen atoms in total. The molecule has 1 heterocycles. The van der Waals surface area contributed by atoms with Gasteiger partial charge in [-0.25, -0.2) is 4.79 Å². The van der Waals surface area contributed by atoms with E-state index in [2.05, 4.69) is 39.2 Å². The van der Waals surface area contributed by atoms with Crippen LogP contribution in [0.15, 0.2) is 30.3 Å². The zero-order chi connectivity index (χ0) is 29.6. The summed E-state index contributed by atoms with van der Waals surface area (Å²) in [6, 6.07) is 9.02. The van der Waals surface area contributed by atoms with Crippen molar-refractivity contribution >= 4 is 20.4 Å². The summed E-state index contributed by atoms with van der Waals surface area (Å²) in [5, 5.41) is 2.79. The molecule has 0 radical (unpaired) electrons. The van der Waals surface area contributed by atoms with Gasteiger partial charge in [-0.15, -0.1) is 0 Å². The summed E-state index contributed by atoms with van der Waals surface area (Å²) in [5.74, 6) is -1.35. The molecule has 1 saturated heterocycles. The number of alkyl carbamates (subject to hydrolysis) is 1. The largest absolute Gasteiger partial charge is 0.457 e. The van der Waals surface area contributed by atoms with Crippen LogP contribution in [-0.4, -0.2) is 69.3 Å². The van der Waals surface area contributed by atoms with Crippen molar-refractivity contribution in [3.63, 3.8) is 0 Å². The monoisotopic (exact) mass is 567 g/mol. The van der Waals surface area contributed by atoms with Crippen LogP contribution in [0.25, 0.3) is 0 Å². The minimum absolute atomic E-state index is 0.0855. The van der Waals surface area contributed by atoms with Crippen molar-refractivity contribution in [3.8, 4) is 0 Å². The van der Waals surface area contributed by atoms with E-state index in [1.54, 1.807) is 34.6 Å². The topological polar surface area (TPSA) is 102 Å². The highest BCUT2D eigenvalue weighted by Crippen LogP contribution is 2.39.